The van der Waals surface area contributed by atoms with Crippen molar-refractivity contribution < 1.29 is 14.7 Å². The van der Waals surface area contributed by atoms with E-state index in [-0.39, 0.29) is 24.5 Å². The van der Waals surface area contributed by atoms with Crippen LogP contribution in [-0.4, -0.2) is 66.2 Å². The summed E-state index contributed by atoms with van der Waals surface area (Å²) in [5.74, 6) is -0.829. The van der Waals surface area contributed by atoms with Gasteiger partial charge in [0.15, 0.2) is 0 Å². The zero-order chi connectivity index (χ0) is 14.4. The Kier molecular flexibility index (Phi) is 6.08. The average Bonchev–Trinajstić information content (AvgIpc) is 2.36. The highest BCUT2D eigenvalue weighted by Gasteiger charge is 2.24. The number of hydrogen-bond acceptors (Lipinski definition) is 3. The summed E-state index contributed by atoms with van der Waals surface area (Å²) >= 11 is 0. The molecule has 110 valence electrons. The van der Waals surface area contributed by atoms with E-state index in [1.807, 2.05) is 14.0 Å². The third-order valence-electron chi connectivity index (χ3n) is 3.72. The number of carboxylic acids is 1. The number of amides is 2. The third-order valence-corrected chi connectivity index (χ3v) is 3.72. The van der Waals surface area contributed by atoms with E-state index in [1.165, 1.54) is 0 Å². The molecule has 1 aliphatic heterocycles. The van der Waals surface area contributed by atoms with Crippen molar-refractivity contribution in [2.75, 3.05) is 27.2 Å². The van der Waals surface area contributed by atoms with Crippen LogP contribution in [-0.2, 0) is 4.79 Å². The monoisotopic (exact) mass is 271 g/mol. The van der Waals surface area contributed by atoms with E-state index >= 15 is 0 Å². The summed E-state index contributed by atoms with van der Waals surface area (Å²) in [6, 6.07) is 0.0626. The second kappa shape index (κ2) is 7.33. The van der Waals surface area contributed by atoms with Crippen LogP contribution in [0.15, 0.2) is 0 Å². The van der Waals surface area contributed by atoms with Crippen LogP contribution in [0.3, 0.4) is 0 Å². The molecule has 0 saturated carbocycles. The van der Waals surface area contributed by atoms with Gasteiger partial charge < -0.3 is 20.2 Å². The molecule has 1 heterocycles. The van der Waals surface area contributed by atoms with Gasteiger partial charge in [-0.15, -0.1) is 0 Å². The Hall–Kier alpha value is -1.30. The summed E-state index contributed by atoms with van der Waals surface area (Å²) in [5, 5.41) is 11.5. The van der Waals surface area contributed by atoms with Crippen molar-refractivity contribution in [3.63, 3.8) is 0 Å². The maximum absolute atomic E-state index is 12.0. The summed E-state index contributed by atoms with van der Waals surface area (Å²) in [5.41, 5.74) is 0. The largest absolute Gasteiger partial charge is 0.481 e. The van der Waals surface area contributed by atoms with E-state index in [4.69, 9.17) is 5.11 Å². The highest BCUT2D eigenvalue weighted by atomic mass is 16.4. The number of piperidine rings is 1. The molecule has 1 unspecified atom stereocenters. The molecule has 0 radical (unpaired) electrons. The van der Waals surface area contributed by atoms with Crippen molar-refractivity contribution in [2.45, 2.75) is 44.7 Å². The van der Waals surface area contributed by atoms with Gasteiger partial charge in [0, 0.05) is 25.6 Å². The fourth-order valence-corrected chi connectivity index (χ4v) is 2.27. The number of rotatable bonds is 5. The Bertz CT molecular complexity index is 314. The van der Waals surface area contributed by atoms with Crippen LogP contribution >= 0.6 is 0 Å². The van der Waals surface area contributed by atoms with Gasteiger partial charge >= 0.3 is 12.0 Å². The van der Waals surface area contributed by atoms with Crippen LogP contribution in [0.1, 0.15) is 32.6 Å². The number of aliphatic carboxylic acids is 1. The van der Waals surface area contributed by atoms with Gasteiger partial charge in [0.2, 0.25) is 0 Å². The van der Waals surface area contributed by atoms with Crippen molar-refractivity contribution in [1.82, 2.24) is 15.1 Å². The number of carbonyl (C=O) groups excluding carboxylic acids is 1. The standard InChI is InChI=1S/C13H25N3O3/c1-10(4-5-12(17)18)14-13(19)16(3)11-6-8-15(2)9-7-11/h10-11H,4-9H2,1-3H3,(H,14,19)(H,17,18). The van der Waals surface area contributed by atoms with Gasteiger partial charge in [-0.05, 0) is 46.3 Å². The maximum atomic E-state index is 12.0. The van der Waals surface area contributed by atoms with E-state index in [0.29, 0.717) is 6.42 Å². The first-order valence-electron chi connectivity index (χ1n) is 6.83. The van der Waals surface area contributed by atoms with Gasteiger partial charge in [-0.1, -0.05) is 0 Å². The van der Waals surface area contributed by atoms with Gasteiger partial charge in [-0.3, -0.25) is 4.79 Å². The molecule has 0 bridgehead atoms. The summed E-state index contributed by atoms with van der Waals surface area (Å²) in [6.45, 7) is 3.86. The minimum atomic E-state index is -0.829. The fraction of sp³-hybridized carbons (Fsp3) is 0.846. The minimum Gasteiger partial charge on any atom is -0.481 e. The predicted molar refractivity (Wildman–Crippen MR) is 73.1 cm³/mol. The summed E-state index contributed by atoms with van der Waals surface area (Å²) in [4.78, 5) is 26.5. The van der Waals surface area contributed by atoms with Crippen molar-refractivity contribution >= 4 is 12.0 Å². The first-order chi connectivity index (χ1) is 8.90. The van der Waals surface area contributed by atoms with Crippen LogP contribution in [0.4, 0.5) is 4.79 Å². The maximum Gasteiger partial charge on any atom is 0.317 e. The fourth-order valence-electron chi connectivity index (χ4n) is 2.27. The van der Waals surface area contributed by atoms with E-state index in [0.717, 1.165) is 25.9 Å². The second-order valence-corrected chi connectivity index (χ2v) is 5.43. The Balaban J connectivity index is 2.33. The number of nitrogens with one attached hydrogen (secondary N) is 1. The summed E-state index contributed by atoms with van der Waals surface area (Å²) in [6.07, 6.45) is 2.52. The Morgan fingerprint density at radius 2 is 2.00 bits per heavy atom. The molecule has 6 heteroatoms. The number of carboxylic acid groups (broad SMARTS) is 1. The zero-order valence-corrected chi connectivity index (χ0v) is 12.1. The molecule has 19 heavy (non-hydrogen) atoms. The smallest absolute Gasteiger partial charge is 0.317 e. The lowest BCUT2D eigenvalue weighted by Gasteiger charge is -2.35. The van der Waals surface area contributed by atoms with Crippen LogP contribution in [0.2, 0.25) is 0 Å². The number of hydrogen-bond donors (Lipinski definition) is 2. The molecule has 0 aromatic heterocycles. The predicted octanol–water partition coefficient (Wildman–Crippen LogP) is 0.975. The lowest BCUT2D eigenvalue weighted by molar-refractivity contribution is -0.137. The first-order valence-corrected chi connectivity index (χ1v) is 6.83. The Morgan fingerprint density at radius 1 is 1.42 bits per heavy atom. The topological polar surface area (TPSA) is 72.9 Å². The molecule has 0 aromatic rings. The lowest BCUT2D eigenvalue weighted by Crippen LogP contribution is -2.50. The van der Waals surface area contributed by atoms with Crippen LogP contribution in [0.25, 0.3) is 0 Å². The van der Waals surface area contributed by atoms with Gasteiger partial charge in [0.1, 0.15) is 0 Å². The van der Waals surface area contributed by atoms with Crippen LogP contribution in [0, 0.1) is 0 Å². The van der Waals surface area contributed by atoms with Crippen molar-refractivity contribution in [1.29, 1.82) is 0 Å². The average molecular weight is 271 g/mol. The molecule has 2 amide bonds. The third kappa shape index (κ3) is 5.46. The molecule has 0 aromatic carbocycles. The molecule has 1 aliphatic rings. The molecule has 0 spiro atoms. The molecule has 0 aliphatic carbocycles. The highest BCUT2D eigenvalue weighted by Crippen LogP contribution is 2.14. The van der Waals surface area contributed by atoms with Gasteiger partial charge in [0.05, 0.1) is 0 Å². The molecule has 1 fully saturated rings. The summed E-state index contributed by atoms with van der Waals surface area (Å²) < 4.78 is 0. The molecule has 2 N–H and O–H groups in total. The number of carbonyl (C=O) groups is 2. The zero-order valence-electron chi connectivity index (χ0n) is 12.1. The number of likely N-dealkylation sites (tertiary alicyclic amines) is 1. The normalized spacial score (nSPS) is 18.9. The van der Waals surface area contributed by atoms with Crippen molar-refractivity contribution in [3.8, 4) is 0 Å². The number of nitrogens with zero attached hydrogens (tertiary/aromatic N) is 2. The molecule has 1 atom stereocenters. The molecule has 1 saturated heterocycles. The van der Waals surface area contributed by atoms with Crippen molar-refractivity contribution in [2.24, 2.45) is 0 Å². The second-order valence-electron chi connectivity index (χ2n) is 5.43. The van der Waals surface area contributed by atoms with E-state index in [9.17, 15) is 9.59 Å². The molecular formula is C13H25N3O3. The van der Waals surface area contributed by atoms with Crippen molar-refractivity contribution in [3.05, 3.63) is 0 Å². The minimum absolute atomic E-state index is 0.0827. The number of urea groups is 1. The Morgan fingerprint density at radius 3 is 2.53 bits per heavy atom. The van der Waals surface area contributed by atoms with Gasteiger partial charge in [0.25, 0.3) is 0 Å². The molecule has 6 nitrogen and oxygen atoms in total. The lowest BCUT2D eigenvalue weighted by atomic mass is 10.0. The molecule has 1 rings (SSSR count). The Labute approximate surface area is 114 Å². The van der Waals surface area contributed by atoms with E-state index in [1.54, 1.807) is 4.90 Å². The van der Waals surface area contributed by atoms with Crippen LogP contribution in [0.5, 0.6) is 0 Å². The van der Waals surface area contributed by atoms with Gasteiger partial charge in [-0.25, -0.2) is 4.79 Å². The highest BCUT2D eigenvalue weighted by molar-refractivity contribution is 5.74. The molecular weight excluding hydrogens is 246 g/mol. The first kappa shape index (κ1) is 15.8. The van der Waals surface area contributed by atoms with E-state index in [2.05, 4.69) is 17.3 Å². The SMILES string of the molecule is CC(CCC(=O)O)NC(=O)N(C)C1CCN(C)CC1. The summed E-state index contributed by atoms with van der Waals surface area (Å²) in [7, 11) is 3.90. The van der Waals surface area contributed by atoms with Gasteiger partial charge in [-0.2, -0.15) is 0 Å². The van der Waals surface area contributed by atoms with Crippen LogP contribution < -0.4 is 5.32 Å². The van der Waals surface area contributed by atoms with E-state index < -0.39 is 5.97 Å². The quantitative estimate of drug-likeness (QED) is 0.781.